The molecule has 0 saturated carbocycles. The van der Waals surface area contributed by atoms with Crippen LogP contribution >= 0.6 is 0 Å². The molecule has 0 radical (unpaired) electrons. The summed E-state index contributed by atoms with van der Waals surface area (Å²) in [7, 11) is -0.447. The van der Waals surface area contributed by atoms with E-state index < -0.39 is 7.05 Å². The van der Waals surface area contributed by atoms with Crippen molar-refractivity contribution in [1.29, 1.82) is 0 Å². The summed E-state index contributed by atoms with van der Waals surface area (Å²) in [6, 6.07) is 1.50. The van der Waals surface area contributed by atoms with E-state index in [9.17, 15) is 9.41 Å². The van der Waals surface area contributed by atoms with Crippen LogP contribution in [0.15, 0.2) is 18.3 Å². The number of anilines is 1. The minimum Gasteiger partial charge on any atom is -0.437 e. The lowest BCUT2D eigenvalue weighted by Crippen LogP contribution is -2.51. The molecule has 1 aliphatic heterocycles. The second kappa shape index (κ2) is 6.17. The van der Waals surface area contributed by atoms with Crippen molar-refractivity contribution in [2.75, 3.05) is 31.1 Å². The average molecular weight is 263 g/mol. The fourth-order valence-electron chi connectivity index (χ4n) is 2.27. The van der Waals surface area contributed by atoms with Crippen LogP contribution in [0.3, 0.4) is 0 Å². The summed E-state index contributed by atoms with van der Waals surface area (Å²) in [5.74, 6) is 0.111. The maximum Gasteiger partial charge on any atom is 0.376 e. The van der Waals surface area contributed by atoms with E-state index in [1.54, 1.807) is 13.0 Å². The predicted molar refractivity (Wildman–Crippen MR) is 76.5 cm³/mol. The Morgan fingerprint density at radius 3 is 2.58 bits per heavy atom. The monoisotopic (exact) mass is 263 g/mol. The van der Waals surface area contributed by atoms with Gasteiger partial charge in [0.25, 0.3) is 0 Å². The van der Waals surface area contributed by atoms with Crippen molar-refractivity contribution >= 4 is 18.9 Å². The Labute approximate surface area is 113 Å². The van der Waals surface area contributed by atoms with Crippen LogP contribution in [-0.4, -0.2) is 48.0 Å². The lowest BCUT2D eigenvalue weighted by Gasteiger charge is -2.36. The van der Waals surface area contributed by atoms with Crippen molar-refractivity contribution in [3.05, 3.63) is 29.7 Å². The zero-order valence-electron chi connectivity index (χ0n) is 11.4. The van der Waals surface area contributed by atoms with Crippen molar-refractivity contribution in [1.82, 2.24) is 9.79 Å². The zero-order valence-corrected chi connectivity index (χ0v) is 11.4. The predicted octanol–water partition coefficient (Wildman–Crippen LogP) is 1.49. The lowest BCUT2D eigenvalue weighted by atomic mass is 9.84. The van der Waals surface area contributed by atoms with Gasteiger partial charge in [0.1, 0.15) is 0 Å². The fourth-order valence-corrected chi connectivity index (χ4v) is 2.27. The molecule has 6 heteroatoms. The Morgan fingerprint density at radius 1 is 1.37 bits per heavy atom. The topological polar surface area (TPSA) is 39.6 Å². The Hall–Kier alpha value is -1.40. The summed E-state index contributed by atoms with van der Waals surface area (Å²) in [4.78, 5) is 8.09. The van der Waals surface area contributed by atoms with Gasteiger partial charge in [-0.05, 0) is 25.4 Å². The third-order valence-electron chi connectivity index (χ3n) is 3.34. The Balaban J connectivity index is 2.07. The van der Waals surface area contributed by atoms with E-state index >= 15 is 0 Å². The van der Waals surface area contributed by atoms with Crippen molar-refractivity contribution in [3.8, 4) is 0 Å². The van der Waals surface area contributed by atoms with Gasteiger partial charge in [-0.3, -0.25) is 0 Å². The number of rotatable bonds is 3. The summed E-state index contributed by atoms with van der Waals surface area (Å²) in [6.45, 7) is 6.43. The standard InChI is InChI=1S/C13H19BFN3O/c1-3-4-11-9-12(15)13(16-10-11)17-5-7-18(8-6-17)14(2)19/h3-4,9-10,19H,5-8H2,1-2H3/b4-3+. The first-order chi connectivity index (χ1) is 9.11. The quantitative estimate of drug-likeness (QED) is 0.838. The number of aromatic nitrogens is 1. The molecule has 0 atom stereocenters. The van der Waals surface area contributed by atoms with E-state index in [0.717, 1.165) is 18.7 Å². The highest BCUT2D eigenvalue weighted by Crippen LogP contribution is 2.19. The largest absolute Gasteiger partial charge is 0.437 e. The van der Waals surface area contributed by atoms with E-state index in [1.807, 2.05) is 28.8 Å². The van der Waals surface area contributed by atoms with Crippen LogP contribution in [0.1, 0.15) is 12.5 Å². The van der Waals surface area contributed by atoms with Gasteiger partial charge in [0, 0.05) is 32.4 Å². The smallest absolute Gasteiger partial charge is 0.376 e. The van der Waals surface area contributed by atoms with Crippen LogP contribution in [0.5, 0.6) is 0 Å². The van der Waals surface area contributed by atoms with E-state index in [-0.39, 0.29) is 5.82 Å². The maximum atomic E-state index is 14.0. The lowest BCUT2D eigenvalue weighted by molar-refractivity contribution is 0.342. The van der Waals surface area contributed by atoms with Crippen LogP contribution in [0.4, 0.5) is 10.2 Å². The first-order valence-corrected chi connectivity index (χ1v) is 6.57. The molecule has 0 aliphatic carbocycles. The summed E-state index contributed by atoms with van der Waals surface area (Å²) >= 11 is 0. The fraction of sp³-hybridized carbons (Fsp3) is 0.462. The van der Waals surface area contributed by atoms with Crippen molar-refractivity contribution < 1.29 is 9.41 Å². The van der Waals surface area contributed by atoms with E-state index in [4.69, 9.17) is 0 Å². The second-order valence-corrected chi connectivity index (χ2v) is 4.73. The molecule has 0 aromatic carbocycles. The Morgan fingerprint density at radius 2 is 2.05 bits per heavy atom. The molecule has 2 rings (SSSR count). The van der Waals surface area contributed by atoms with Gasteiger partial charge >= 0.3 is 7.05 Å². The highest BCUT2D eigenvalue weighted by Gasteiger charge is 2.24. The van der Waals surface area contributed by atoms with Crippen LogP contribution in [0.2, 0.25) is 6.82 Å². The Bertz CT molecular complexity index is 459. The minimum atomic E-state index is -0.447. The highest BCUT2D eigenvalue weighted by atomic mass is 19.1. The first kappa shape index (κ1) is 14.0. The van der Waals surface area contributed by atoms with E-state index in [1.165, 1.54) is 6.07 Å². The van der Waals surface area contributed by atoms with Crippen LogP contribution in [0, 0.1) is 5.82 Å². The van der Waals surface area contributed by atoms with Gasteiger partial charge in [-0.25, -0.2) is 9.37 Å². The molecule has 1 aliphatic rings. The van der Waals surface area contributed by atoms with Crippen LogP contribution in [0.25, 0.3) is 6.08 Å². The summed E-state index contributed by atoms with van der Waals surface area (Å²) < 4.78 is 14.0. The summed E-state index contributed by atoms with van der Waals surface area (Å²) in [5, 5.41) is 9.49. The molecule has 0 unspecified atom stereocenters. The third-order valence-corrected chi connectivity index (χ3v) is 3.34. The first-order valence-electron chi connectivity index (χ1n) is 6.57. The molecule has 0 spiro atoms. The number of halogens is 1. The van der Waals surface area contributed by atoms with Gasteiger partial charge in [-0.2, -0.15) is 0 Å². The molecule has 1 aromatic rings. The molecule has 2 heterocycles. The van der Waals surface area contributed by atoms with Gasteiger partial charge in [0.05, 0.1) is 0 Å². The third kappa shape index (κ3) is 3.33. The molecule has 19 heavy (non-hydrogen) atoms. The number of allylic oxidation sites excluding steroid dienone is 1. The van der Waals surface area contributed by atoms with Gasteiger partial charge in [-0.15, -0.1) is 0 Å². The van der Waals surface area contributed by atoms with Crippen molar-refractivity contribution in [2.24, 2.45) is 0 Å². The minimum absolute atomic E-state index is 0.291. The summed E-state index contributed by atoms with van der Waals surface area (Å²) in [5.41, 5.74) is 0.770. The van der Waals surface area contributed by atoms with Crippen LogP contribution in [-0.2, 0) is 0 Å². The molecule has 1 saturated heterocycles. The molecular formula is C13H19BFN3O. The van der Waals surface area contributed by atoms with E-state index in [2.05, 4.69) is 4.98 Å². The average Bonchev–Trinajstić information content (AvgIpc) is 2.39. The normalized spacial score (nSPS) is 17.2. The zero-order chi connectivity index (χ0) is 13.8. The molecule has 1 fully saturated rings. The maximum absolute atomic E-state index is 14.0. The number of piperazine rings is 1. The molecule has 4 nitrogen and oxygen atoms in total. The molecule has 1 N–H and O–H groups in total. The molecule has 0 bridgehead atoms. The van der Waals surface area contributed by atoms with Crippen LogP contribution < -0.4 is 4.90 Å². The molecule has 102 valence electrons. The summed E-state index contributed by atoms with van der Waals surface area (Å²) in [6.07, 6.45) is 5.36. The van der Waals surface area contributed by atoms with E-state index in [0.29, 0.717) is 18.9 Å². The molecule has 1 aromatic heterocycles. The number of hydrogen-bond acceptors (Lipinski definition) is 4. The van der Waals surface area contributed by atoms with Gasteiger partial charge in [-0.1, -0.05) is 12.2 Å². The molecular weight excluding hydrogens is 244 g/mol. The second-order valence-electron chi connectivity index (χ2n) is 4.73. The van der Waals surface area contributed by atoms with Crippen molar-refractivity contribution in [3.63, 3.8) is 0 Å². The van der Waals surface area contributed by atoms with Gasteiger partial charge in [0.15, 0.2) is 11.6 Å². The number of nitrogens with zero attached hydrogens (tertiary/aromatic N) is 3. The molecule has 0 amide bonds. The number of hydrogen-bond donors (Lipinski definition) is 1. The SMILES string of the molecule is C/C=C/c1cnc(N2CCN(B(C)O)CC2)c(F)c1. The van der Waals surface area contributed by atoms with Gasteiger partial charge < -0.3 is 14.7 Å². The van der Waals surface area contributed by atoms with Gasteiger partial charge in [0.2, 0.25) is 0 Å². The highest BCUT2D eigenvalue weighted by molar-refractivity contribution is 6.45. The van der Waals surface area contributed by atoms with Crippen molar-refractivity contribution in [2.45, 2.75) is 13.7 Å². The number of pyridine rings is 1. The Kier molecular flexibility index (Phi) is 4.55.